The lowest BCUT2D eigenvalue weighted by Gasteiger charge is -2.32. The highest BCUT2D eigenvalue weighted by molar-refractivity contribution is 6.45. The predicted molar refractivity (Wildman–Crippen MR) is 233 cm³/mol. The van der Waals surface area contributed by atoms with Gasteiger partial charge in [0.15, 0.2) is 11.5 Å². The van der Waals surface area contributed by atoms with Crippen LogP contribution in [0.2, 0.25) is 35.5 Å². The van der Waals surface area contributed by atoms with Crippen molar-refractivity contribution in [2.75, 3.05) is 45.0 Å². The molecule has 3 fully saturated rings. The zero-order valence-electron chi connectivity index (χ0n) is 33.3. The third-order valence-electron chi connectivity index (χ3n) is 9.85. The van der Waals surface area contributed by atoms with E-state index in [1.54, 1.807) is 44.7 Å². The quantitative estimate of drug-likeness (QED) is 0.0665. The predicted octanol–water partition coefficient (Wildman–Crippen LogP) is 5.58. The van der Waals surface area contributed by atoms with Crippen molar-refractivity contribution in [3.8, 4) is 17.2 Å². The lowest BCUT2D eigenvalue weighted by molar-refractivity contribution is -0.386. The van der Waals surface area contributed by atoms with Crippen LogP contribution in [0.15, 0.2) is 54.6 Å². The molecule has 0 unspecified atom stereocenters. The Balaban J connectivity index is 0.000000219. The number of piperidine rings is 3. The summed E-state index contributed by atoms with van der Waals surface area (Å²) in [6, 6.07) is 13.3. The standard InChI is InChI=1S/C12H16BClN2O4.C12H18BClN2O2.C6H14BNO2.C6H4ClNO3/c1-13(17)15-6-4-10(5-7-15)20-12-3-2-9(14)8-11(12)16(18)19;1-13(17)16-6-4-10(5-7-16)18-12-3-2-9(14)8-11(12)15;1-7(10)8-4-2-6(9)3-5-8;7-4-1-2-6(9)5(3-4)8(10)11/h2-3,8,10,17H,4-7H2,1H3;2-3,8,10,17H,4-7,15H2,1H3;6,9-10H,2-5H2,1H3;1-3,9H. The first-order valence-corrected chi connectivity index (χ1v) is 20.4. The van der Waals surface area contributed by atoms with E-state index < -0.39 is 16.9 Å². The molecular weight excluding hydrogens is 831 g/mol. The van der Waals surface area contributed by atoms with Crippen LogP contribution in [0.3, 0.4) is 0 Å². The molecular formula is C36H52B3Cl3N6O11. The summed E-state index contributed by atoms with van der Waals surface area (Å²) in [6.07, 6.45) is 4.77. The maximum absolute atomic E-state index is 11.0. The molecule has 0 saturated carbocycles. The number of nitrogens with two attached hydrogens (primary N) is 1. The number of ether oxygens (including phenoxy) is 2. The molecule has 0 bridgehead atoms. The fourth-order valence-corrected chi connectivity index (χ4v) is 6.87. The maximum Gasteiger partial charge on any atom is 0.376 e. The Bertz CT molecular complexity index is 1790. The van der Waals surface area contributed by atoms with Crippen LogP contribution in [-0.4, -0.2) is 128 Å². The van der Waals surface area contributed by atoms with E-state index in [4.69, 9.17) is 65.2 Å². The van der Waals surface area contributed by atoms with Crippen LogP contribution in [-0.2, 0) is 0 Å². The number of nitrogens with zero attached hydrogens (tertiary/aromatic N) is 5. The lowest BCUT2D eigenvalue weighted by Crippen LogP contribution is -2.45. The molecule has 0 atom stereocenters. The third-order valence-corrected chi connectivity index (χ3v) is 10.6. The summed E-state index contributed by atoms with van der Waals surface area (Å²) in [5.74, 6) is 0.559. The van der Waals surface area contributed by atoms with E-state index >= 15 is 0 Å². The molecule has 3 aliphatic rings. The van der Waals surface area contributed by atoms with E-state index in [9.17, 15) is 30.3 Å². The van der Waals surface area contributed by atoms with Gasteiger partial charge in [0.1, 0.15) is 18.0 Å². The Morgan fingerprint density at radius 2 is 0.983 bits per heavy atom. The Hall–Kier alpha value is -3.56. The zero-order chi connectivity index (χ0) is 43.8. The van der Waals surface area contributed by atoms with Crippen molar-refractivity contribution < 1.29 is 44.6 Å². The lowest BCUT2D eigenvalue weighted by atomic mass is 9.82. The van der Waals surface area contributed by atoms with Crippen LogP contribution in [0.1, 0.15) is 38.5 Å². The second-order valence-corrected chi connectivity index (χ2v) is 15.6. The highest BCUT2D eigenvalue weighted by Gasteiger charge is 2.28. The van der Waals surface area contributed by atoms with E-state index in [-0.39, 0.29) is 60.3 Å². The zero-order valence-corrected chi connectivity index (χ0v) is 35.5. The summed E-state index contributed by atoms with van der Waals surface area (Å²) in [5.41, 5.74) is 5.93. The Morgan fingerprint density at radius 3 is 1.37 bits per heavy atom. The van der Waals surface area contributed by atoms with Crippen molar-refractivity contribution in [3.63, 3.8) is 0 Å². The number of hydrogen-bond acceptors (Lipinski definition) is 15. The van der Waals surface area contributed by atoms with Crippen LogP contribution in [0, 0.1) is 20.2 Å². The van der Waals surface area contributed by atoms with Crippen LogP contribution in [0.4, 0.5) is 17.1 Å². The first-order valence-electron chi connectivity index (χ1n) is 19.2. The number of aliphatic hydroxyl groups is 1. The number of hydrogen-bond donors (Lipinski definition) is 6. The van der Waals surface area contributed by atoms with E-state index in [0.717, 1.165) is 70.8 Å². The Kier molecular flexibility index (Phi) is 20.8. The van der Waals surface area contributed by atoms with Gasteiger partial charge in [0.25, 0.3) is 0 Å². The molecule has 17 nitrogen and oxygen atoms in total. The van der Waals surface area contributed by atoms with Gasteiger partial charge >= 0.3 is 32.5 Å². The normalized spacial score (nSPS) is 16.8. The van der Waals surface area contributed by atoms with Crippen LogP contribution in [0.25, 0.3) is 0 Å². The summed E-state index contributed by atoms with van der Waals surface area (Å²) >= 11 is 17.1. The summed E-state index contributed by atoms with van der Waals surface area (Å²) in [5, 5.41) is 68.4. The van der Waals surface area contributed by atoms with Gasteiger partial charge < -0.3 is 54.9 Å². The number of halogens is 3. The number of benzene rings is 3. The SMILES string of the molecule is CB(O)N1CCC(O)CC1.CB(O)N1CCC(Oc2ccc(Cl)cc2N)CC1.CB(O)N1CCC(Oc2ccc(Cl)cc2[N+](=O)[O-])CC1.O=[N+]([O-])c1cc(Cl)ccc1O. The molecule has 3 saturated heterocycles. The Morgan fingerprint density at radius 1 is 0.627 bits per heavy atom. The van der Waals surface area contributed by atoms with Gasteiger partial charge in [0.05, 0.1) is 21.6 Å². The van der Waals surface area contributed by atoms with Gasteiger partial charge in [-0.15, -0.1) is 0 Å². The summed E-state index contributed by atoms with van der Waals surface area (Å²) in [4.78, 5) is 25.9. The number of aromatic hydroxyl groups is 1. The van der Waals surface area contributed by atoms with Gasteiger partial charge in [-0.1, -0.05) is 34.8 Å². The molecule has 0 radical (unpaired) electrons. The van der Waals surface area contributed by atoms with Gasteiger partial charge in [0.2, 0.25) is 0 Å². The van der Waals surface area contributed by atoms with Crippen molar-refractivity contribution in [2.45, 2.75) is 77.3 Å². The molecule has 0 aliphatic carbocycles. The molecule has 6 rings (SSSR count). The van der Waals surface area contributed by atoms with Gasteiger partial charge in [-0.3, -0.25) is 20.2 Å². The molecule has 3 aliphatic heterocycles. The maximum atomic E-state index is 11.0. The van der Waals surface area contributed by atoms with E-state index in [0.29, 0.717) is 34.6 Å². The van der Waals surface area contributed by atoms with E-state index in [2.05, 4.69) is 0 Å². The fraction of sp³-hybridized carbons (Fsp3) is 0.500. The number of nitrogen functional groups attached to an aromatic ring is 1. The second-order valence-electron chi connectivity index (χ2n) is 14.3. The smallest absolute Gasteiger partial charge is 0.376 e. The monoisotopic (exact) mass is 882 g/mol. The average Bonchev–Trinajstić information content (AvgIpc) is 3.19. The number of anilines is 1. The van der Waals surface area contributed by atoms with Crippen molar-refractivity contribution in [1.82, 2.24) is 14.4 Å². The third kappa shape index (κ3) is 17.1. The Labute approximate surface area is 360 Å². The molecule has 0 spiro atoms. The van der Waals surface area contributed by atoms with Crippen LogP contribution < -0.4 is 15.2 Å². The van der Waals surface area contributed by atoms with Crippen molar-refractivity contribution in [1.29, 1.82) is 0 Å². The van der Waals surface area contributed by atoms with Crippen LogP contribution in [0.5, 0.6) is 17.2 Å². The highest BCUT2D eigenvalue weighted by Crippen LogP contribution is 2.33. The molecule has 7 N–H and O–H groups in total. The molecule has 23 heteroatoms. The van der Waals surface area contributed by atoms with Gasteiger partial charge in [-0.2, -0.15) is 0 Å². The molecule has 59 heavy (non-hydrogen) atoms. The van der Waals surface area contributed by atoms with Crippen molar-refractivity contribution in [3.05, 3.63) is 89.9 Å². The molecule has 0 aromatic heterocycles. The van der Waals surface area contributed by atoms with E-state index in [1.165, 1.54) is 24.3 Å². The summed E-state index contributed by atoms with van der Waals surface area (Å²) in [6.45, 7) is 10.0. The first kappa shape index (κ1) is 49.8. The topological polar surface area (TPSA) is 242 Å². The average molecular weight is 884 g/mol. The second kappa shape index (κ2) is 24.6. The fourth-order valence-electron chi connectivity index (χ4n) is 6.36. The minimum absolute atomic E-state index is 0.0788. The summed E-state index contributed by atoms with van der Waals surface area (Å²) < 4.78 is 11.6. The van der Waals surface area contributed by atoms with Gasteiger partial charge in [-0.05, 0) is 141 Å². The molecule has 3 heterocycles. The first-order chi connectivity index (χ1) is 27.8. The molecule has 3 aromatic carbocycles. The number of phenolic OH excluding ortho intramolecular Hbond substituents is 1. The molecule has 3 aromatic rings. The number of nitro groups is 2. The molecule has 322 valence electrons. The molecule has 0 amide bonds. The number of aliphatic hydroxyl groups excluding tert-OH is 1. The van der Waals surface area contributed by atoms with Gasteiger partial charge in [-0.25, -0.2) is 0 Å². The minimum atomic E-state index is -0.693. The number of rotatable bonds is 9. The van der Waals surface area contributed by atoms with Crippen LogP contribution >= 0.6 is 34.8 Å². The van der Waals surface area contributed by atoms with Gasteiger partial charge in [0, 0.05) is 27.2 Å². The van der Waals surface area contributed by atoms with E-state index in [1.807, 2.05) is 14.4 Å². The largest absolute Gasteiger partial charge is 0.502 e. The minimum Gasteiger partial charge on any atom is -0.502 e. The summed E-state index contributed by atoms with van der Waals surface area (Å²) in [7, 11) is -1.21. The number of nitro benzene ring substituents is 2. The highest BCUT2D eigenvalue weighted by atomic mass is 35.5. The number of phenols is 1. The van der Waals surface area contributed by atoms with Crippen molar-refractivity contribution in [2.24, 2.45) is 0 Å². The van der Waals surface area contributed by atoms with Crippen molar-refractivity contribution >= 4 is 73.0 Å².